The molecule has 0 aliphatic carbocycles. The zero-order valence-corrected chi connectivity index (χ0v) is 14.0. The van der Waals surface area contributed by atoms with E-state index in [2.05, 4.69) is 20.7 Å². The second-order valence-electron chi connectivity index (χ2n) is 5.86. The van der Waals surface area contributed by atoms with E-state index < -0.39 is 6.10 Å². The number of hydrogen-bond donors (Lipinski definition) is 1. The van der Waals surface area contributed by atoms with Crippen molar-refractivity contribution in [3.8, 4) is 11.5 Å². The van der Waals surface area contributed by atoms with Crippen molar-refractivity contribution >= 4 is 17.3 Å². The molecular formula is C19H16N4O3. The minimum absolute atomic E-state index is 0.275. The van der Waals surface area contributed by atoms with Crippen LogP contribution in [-0.4, -0.2) is 27.9 Å². The van der Waals surface area contributed by atoms with Crippen LogP contribution >= 0.6 is 0 Å². The topological polar surface area (TPSA) is 89.6 Å². The Hall–Kier alpha value is -3.48. The van der Waals surface area contributed by atoms with Crippen LogP contribution in [0.2, 0.25) is 0 Å². The number of para-hydroxylation sites is 1. The lowest BCUT2D eigenvalue weighted by Crippen LogP contribution is -2.28. The Labute approximate surface area is 149 Å². The smallest absolute Gasteiger partial charge is 0.268 e. The lowest BCUT2D eigenvalue weighted by molar-refractivity contribution is -0.125. The van der Waals surface area contributed by atoms with E-state index in [-0.39, 0.29) is 5.91 Å². The number of hydrogen-bond acceptors (Lipinski definition) is 6. The highest BCUT2D eigenvalue weighted by molar-refractivity contribution is 6.06. The van der Waals surface area contributed by atoms with Crippen molar-refractivity contribution < 1.29 is 14.0 Å². The van der Waals surface area contributed by atoms with E-state index in [1.54, 1.807) is 13.0 Å². The van der Waals surface area contributed by atoms with Crippen LogP contribution in [0.25, 0.3) is 11.5 Å². The normalized spacial score (nSPS) is 16.0. The molecule has 1 aliphatic rings. The van der Waals surface area contributed by atoms with Crippen molar-refractivity contribution in [2.24, 2.45) is 5.16 Å². The number of nitrogens with one attached hydrogen (secondary N) is 1. The van der Waals surface area contributed by atoms with Crippen LogP contribution in [0, 0.1) is 6.92 Å². The van der Waals surface area contributed by atoms with Crippen molar-refractivity contribution in [2.45, 2.75) is 19.4 Å². The molecule has 1 amide bonds. The van der Waals surface area contributed by atoms with E-state index >= 15 is 0 Å². The fraction of sp³-hybridized carbons (Fsp3) is 0.158. The van der Waals surface area contributed by atoms with Gasteiger partial charge in [-0.05, 0) is 17.7 Å². The molecule has 0 radical (unpaired) electrons. The van der Waals surface area contributed by atoms with Gasteiger partial charge in [-0.1, -0.05) is 47.6 Å². The van der Waals surface area contributed by atoms with Crippen molar-refractivity contribution in [1.29, 1.82) is 0 Å². The molecule has 1 N–H and O–H groups in total. The highest BCUT2D eigenvalue weighted by atomic mass is 16.6. The fourth-order valence-corrected chi connectivity index (χ4v) is 2.72. The van der Waals surface area contributed by atoms with Gasteiger partial charge in [-0.15, -0.1) is 10.2 Å². The molecule has 0 saturated heterocycles. The van der Waals surface area contributed by atoms with Crippen molar-refractivity contribution in [2.75, 3.05) is 5.32 Å². The molecular weight excluding hydrogens is 332 g/mol. The van der Waals surface area contributed by atoms with Gasteiger partial charge in [-0.2, -0.15) is 0 Å². The summed E-state index contributed by atoms with van der Waals surface area (Å²) in [4.78, 5) is 17.9. The van der Waals surface area contributed by atoms with Crippen LogP contribution < -0.4 is 5.32 Å². The third-order valence-electron chi connectivity index (χ3n) is 4.01. The van der Waals surface area contributed by atoms with Crippen LogP contribution in [0.3, 0.4) is 0 Å². The molecule has 26 heavy (non-hydrogen) atoms. The predicted octanol–water partition coefficient (Wildman–Crippen LogP) is 3.18. The maximum Gasteiger partial charge on any atom is 0.268 e. The molecule has 0 saturated carbocycles. The Kier molecular flexibility index (Phi) is 4.18. The Morgan fingerprint density at radius 1 is 1.08 bits per heavy atom. The zero-order valence-electron chi connectivity index (χ0n) is 14.0. The van der Waals surface area contributed by atoms with E-state index in [9.17, 15) is 4.79 Å². The predicted molar refractivity (Wildman–Crippen MR) is 95.6 cm³/mol. The number of carbonyl (C=O) groups is 1. The summed E-state index contributed by atoms with van der Waals surface area (Å²) in [6.07, 6.45) is -0.264. The van der Waals surface area contributed by atoms with Gasteiger partial charge in [0.25, 0.3) is 5.91 Å². The van der Waals surface area contributed by atoms with Crippen LogP contribution in [0.1, 0.15) is 17.9 Å². The van der Waals surface area contributed by atoms with E-state index in [4.69, 9.17) is 9.25 Å². The van der Waals surface area contributed by atoms with Crippen molar-refractivity contribution in [1.82, 2.24) is 10.2 Å². The van der Waals surface area contributed by atoms with Gasteiger partial charge >= 0.3 is 0 Å². The van der Waals surface area contributed by atoms with Gasteiger partial charge in [-0.3, -0.25) is 4.79 Å². The molecule has 3 aromatic rings. The number of amides is 1. The second kappa shape index (κ2) is 6.79. The largest absolute Gasteiger partial charge is 0.421 e. The van der Waals surface area contributed by atoms with E-state index in [1.807, 2.05) is 48.5 Å². The lowest BCUT2D eigenvalue weighted by Gasteiger charge is -2.11. The summed E-state index contributed by atoms with van der Waals surface area (Å²) in [7, 11) is 0. The highest BCUT2D eigenvalue weighted by Gasteiger charge is 2.29. The Morgan fingerprint density at radius 3 is 2.62 bits per heavy atom. The number of nitrogens with zero attached hydrogens (tertiary/aromatic N) is 3. The first-order chi connectivity index (χ1) is 12.7. The first kappa shape index (κ1) is 16.0. The summed E-state index contributed by atoms with van der Waals surface area (Å²) in [5.41, 5.74) is 2.94. The van der Waals surface area contributed by atoms with Crippen LogP contribution in [0.5, 0.6) is 0 Å². The third kappa shape index (κ3) is 3.19. The summed E-state index contributed by atoms with van der Waals surface area (Å²) in [5, 5.41) is 14.8. The van der Waals surface area contributed by atoms with E-state index in [0.717, 1.165) is 11.3 Å². The first-order valence-electron chi connectivity index (χ1n) is 8.19. The molecule has 1 atom stereocenters. The number of carbonyl (C=O) groups excluding carboxylic acids is 1. The van der Waals surface area contributed by atoms with Gasteiger partial charge in [0.05, 0.1) is 17.0 Å². The molecule has 7 heteroatoms. The molecule has 0 fully saturated rings. The maximum absolute atomic E-state index is 12.6. The number of anilines is 1. The van der Waals surface area contributed by atoms with Crippen molar-refractivity contribution in [3.63, 3.8) is 0 Å². The first-order valence-corrected chi connectivity index (χ1v) is 8.19. The highest BCUT2D eigenvalue weighted by Crippen LogP contribution is 2.27. The van der Waals surface area contributed by atoms with Crippen LogP contribution in [0.4, 0.5) is 5.69 Å². The molecule has 0 bridgehead atoms. The van der Waals surface area contributed by atoms with Gasteiger partial charge in [0.2, 0.25) is 17.9 Å². The Bertz CT molecular complexity index is 966. The third-order valence-corrected chi connectivity index (χ3v) is 4.01. The van der Waals surface area contributed by atoms with Crippen LogP contribution in [-0.2, 0) is 9.63 Å². The Morgan fingerprint density at radius 2 is 1.85 bits per heavy atom. The molecule has 1 aromatic heterocycles. The molecule has 2 heterocycles. The summed E-state index contributed by atoms with van der Waals surface area (Å²) in [6.45, 7) is 1.71. The van der Waals surface area contributed by atoms with E-state index in [1.165, 1.54) is 0 Å². The zero-order chi connectivity index (χ0) is 17.9. The molecule has 1 aliphatic heterocycles. The number of aromatic nitrogens is 2. The molecule has 130 valence electrons. The second-order valence-corrected chi connectivity index (χ2v) is 5.86. The molecule has 0 unspecified atom stereocenters. The summed E-state index contributed by atoms with van der Waals surface area (Å²) < 4.78 is 5.46. The number of rotatable bonds is 4. The maximum atomic E-state index is 12.6. The SMILES string of the molecule is Cc1nnc(-c2ccccc2NC(=O)[C@@H]2CC(c3ccccc3)=NO2)o1. The minimum Gasteiger partial charge on any atom is -0.421 e. The van der Waals surface area contributed by atoms with Gasteiger partial charge in [-0.25, -0.2) is 0 Å². The summed E-state index contributed by atoms with van der Waals surface area (Å²) >= 11 is 0. The molecule has 7 nitrogen and oxygen atoms in total. The average molecular weight is 348 g/mol. The minimum atomic E-state index is -0.678. The average Bonchev–Trinajstić information content (AvgIpc) is 3.32. The van der Waals surface area contributed by atoms with Gasteiger partial charge < -0.3 is 14.6 Å². The lowest BCUT2D eigenvalue weighted by atomic mass is 10.0. The Balaban J connectivity index is 1.48. The van der Waals surface area contributed by atoms with Gasteiger partial charge in [0.1, 0.15) is 0 Å². The van der Waals surface area contributed by atoms with Gasteiger partial charge in [0, 0.05) is 13.3 Å². The molecule has 4 rings (SSSR count). The summed E-state index contributed by atoms with van der Waals surface area (Å²) in [5.74, 6) is 0.538. The number of oxime groups is 1. The monoisotopic (exact) mass is 348 g/mol. The molecule has 0 spiro atoms. The molecule has 2 aromatic carbocycles. The standard InChI is InChI=1S/C19H16N4O3/c1-12-21-22-19(25-12)14-9-5-6-10-15(14)20-18(24)17-11-16(23-26-17)13-7-3-2-4-8-13/h2-10,17H,11H2,1H3,(H,20,24)/t17-/m0/s1. The van der Waals surface area contributed by atoms with Crippen molar-refractivity contribution in [3.05, 3.63) is 66.1 Å². The number of aryl methyl sites for hydroxylation is 1. The quantitative estimate of drug-likeness (QED) is 0.782. The fourth-order valence-electron chi connectivity index (χ4n) is 2.72. The van der Waals surface area contributed by atoms with E-state index in [0.29, 0.717) is 29.5 Å². The summed E-state index contributed by atoms with van der Waals surface area (Å²) in [6, 6.07) is 16.9. The number of benzene rings is 2. The van der Waals surface area contributed by atoms with Gasteiger partial charge in [0.15, 0.2) is 0 Å². The van der Waals surface area contributed by atoms with Crippen LogP contribution in [0.15, 0.2) is 64.2 Å².